The van der Waals surface area contributed by atoms with Crippen molar-refractivity contribution < 1.29 is 13.2 Å². The first-order chi connectivity index (χ1) is 11.9. The highest BCUT2D eigenvalue weighted by Crippen LogP contribution is 2.41. The molecular weight excluding hydrogens is 329 g/mol. The van der Waals surface area contributed by atoms with Gasteiger partial charge in [0.15, 0.2) is 0 Å². The Labute approximate surface area is 143 Å². The largest absolute Gasteiger partial charge is 0.419 e. The molecule has 7 heteroatoms. The highest BCUT2D eigenvalue weighted by molar-refractivity contribution is 5.75. The van der Waals surface area contributed by atoms with Crippen molar-refractivity contribution in [2.75, 3.05) is 17.3 Å². The van der Waals surface area contributed by atoms with E-state index in [1.54, 1.807) is 18.3 Å². The predicted molar refractivity (Wildman–Crippen MR) is 90.3 cm³/mol. The van der Waals surface area contributed by atoms with E-state index in [1.165, 1.54) is 23.3 Å². The number of rotatable bonds is 3. The summed E-state index contributed by atoms with van der Waals surface area (Å²) in [5, 5.41) is 1.29. The van der Waals surface area contributed by atoms with Crippen LogP contribution in [-0.4, -0.2) is 11.5 Å². The molecule has 1 heterocycles. The minimum Gasteiger partial charge on any atom is -0.396 e. The molecule has 3 rings (SSSR count). The lowest BCUT2D eigenvalue weighted by molar-refractivity contribution is -0.137. The second kappa shape index (κ2) is 6.65. The van der Waals surface area contributed by atoms with E-state index in [4.69, 9.17) is 11.6 Å². The first-order valence-corrected chi connectivity index (χ1v) is 7.80. The van der Waals surface area contributed by atoms with Crippen LogP contribution in [0.5, 0.6) is 0 Å². The Balaban J connectivity index is 2.01. The van der Waals surface area contributed by atoms with Crippen LogP contribution in [0.15, 0.2) is 36.7 Å². The number of alkyl halides is 3. The van der Waals surface area contributed by atoms with Crippen LogP contribution in [0.2, 0.25) is 0 Å². The fourth-order valence-electron chi connectivity index (χ4n) is 2.52. The minimum atomic E-state index is -4.63. The number of benzene rings is 1. The zero-order chi connectivity index (χ0) is 18.0. The summed E-state index contributed by atoms with van der Waals surface area (Å²) < 4.78 is 40.6. The van der Waals surface area contributed by atoms with Gasteiger partial charge in [0.2, 0.25) is 0 Å². The number of anilines is 2. The second-order valence-corrected chi connectivity index (χ2v) is 6.01. The van der Waals surface area contributed by atoms with E-state index in [1.807, 2.05) is 0 Å². The van der Waals surface area contributed by atoms with E-state index in [0.29, 0.717) is 18.0 Å². The smallest absolute Gasteiger partial charge is 0.396 e. The average molecular weight is 346 g/mol. The summed E-state index contributed by atoms with van der Waals surface area (Å²) in [4.78, 5) is 3.88. The summed E-state index contributed by atoms with van der Waals surface area (Å²) in [6, 6.07) is 6.13. The molecule has 2 aromatic rings. The molecule has 0 amide bonds. The molecule has 25 heavy (non-hydrogen) atoms. The number of aromatic nitrogens is 1. The van der Waals surface area contributed by atoms with Crippen molar-refractivity contribution >= 4 is 11.4 Å². The van der Waals surface area contributed by atoms with Gasteiger partial charge in [0.05, 0.1) is 16.9 Å². The zero-order valence-electron chi connectivity index (χ0n) is 13.3. The summed E-state index contributed by atoms with van der Waals surface area (Å²) in [7, 11) is 0. The molecule has 1 aliphatic carbocycles. The number of pyridine rings is 1. The van der Waals surface area contributed by atoms with E-state index in [0.717, 1.165) is 12.8 Å². The third-order valence-electron chi connectivity index (χ3n) is 3.97. The standard InChI is InChI=1S/C18H17F3N4/c19-18(20,21)16-14(6-5-12-2-1-9-24-10-12)7-8-15(17(16)22)25(23)11-13-3-4-13/h1-2,7-10,13H,3-4,11,22-23H2. The van der Waals surface area contributed by atoms with Crippen LogP contribution < -0.4 is 16.6 Å². The van der Waals surface area contributed by atoms with Gasteiger partial charge in [-0.25, -0.2) is 5.84 Å². The van der Waals surface area contributed by atoms with Gasteiger partial charge in [-0.15, -0.1) is 0 Å². The molecule has 4 nitrogen and oxygen atoms in total. The molecule has 1 aromatic carbocycles. The van der Waals surface area contributed by atoms with E-state index >= 15 is 0 Å². The SMILES string of the molecule is Nc1c(N(N)CC2CC2)ccc(C#Cc2cccnc2)c1C(F)(F)F. The maximum absolute atomic E-state index is 13.5. The lowest BCUT2D eigenvalue weighted by atomic mass is 10.0. The number of halogens is 3. The Morgan fingerprint density at radius 2 is 1.96 bits per heavy atom. The molecule has 0 bridgehead atoms. The van der Waals surface area contributed by atoms with Crippen molar-refractivity contribution in [3.05, 3.63) is 53.3 Å². The number of nitrogen functional groups attached to an aromatic ring is 1. The topological polar surface area (TPSA) is 68.2 Å². The van der Waals surface area contributed by atoms with Gasteiger partial charge in [-0.3, -0.25) is 4.98 Å². The lowest BCUT2D eigenvalue weighted by Gasteiger charge is -2.23. The predicted octanol–water partition coefficient (Wildman–Crippen LogP) is 3.17. The minimum absolute atomic E-state index is 0.172. The van der Waals surface area contributed by atoms with Crippen molar-refractivity contribution in [2.24, 2.45) is 11.8 Å². The van der Waals surface area contributed by atoms with Crippen LogP contribution in [0, 0.1) is 17.8 Å². The van der Waals surface area contributed by atoms with Crippen molar-refractivity contribution in [1.29, 1.82) is 0 Å². The number of nitrogens with zero attached hydrogens (tertiary/aromatic N) is 2. The van der Waals surface area contributed by atoms with Crippen molar-refractivity contribution in [3.8, 4) is 11.8 Å². The van der Waals surface area contributed by atoms with E-state index < -0.39 is 17.4 Å². The summed E-state index contributed by atoms with van der Waals surface area (Å²) >= 11 is 0. The molecule has 130 valence electrons. The van der Waals surface area contributed by atoms with Crippen LogP contribution in [0.1, 0.15) is 29.5 Å². The number of hydrogen-bond acceptors (Lipinski definition) is 4. The summed E-state index contributed by atoms with van der Waals surface area (Å²) in [5.41, 5.74) is 4.98. The van der Waals surface area contributed by atoms with Crippen LogP contribution in [0.25, 0.3) is 0 Å². The first kappa shape index (κ1) is 17.1. The van der Waals surface area contributed by atoms with Gasteiger partial charge in [-0.1, -0.05) is 11.8 Å². The molecule has 0 unspecified atom stereocenters. The average Bonchev–Trinajstić information content (AvgIpc) is 3.36. The van der Waals surface area contributed by atoms with Crippen molar-refractivity contribution in [3.63, 3.8) is 0 Å². The molecule has 1 fully saturated rings. The number of nitrogens with two attached hydrogens (primary N) is 2. The Hall–Kier alpha value is -2.72. The van der Waals surface area contributed by atoms with Gasteiger partial charge in [0.25, 0.3) is 0 Å². The third-order valence-corrected chi connectivity index (χ3v) is 3.97. The fourth-order valence-corrected chi connectivity index (χ4v) is 2.52. The van der Waals surface area contributed by atoms with Gasteiger partial charge >= 0.3 is 6.18 Å². The maximum atomic E-state index is 13.5. The normalized spacial score (nSPS) is 13.9. The molecule has 4 N–H and O–H groups in total. The molecule has 1 aliphatic rings. The second-order valence-electron chi connectivity index (χ2n) is 6.01. The van der Waals surface area contributed by atoms with Crippen LogP contribution in [-0.2, 0) is 6.18 Å². The van der Waals surface area contributed by atoms with Gasteiger partial charge in [0, 0.05) is 30.1 Å². The summed E-state index contributed by atoms with van der Waals surface area (Å²) in [6.45, 7) is 0.488. The van der Waals surface area contributed by atoms with Crippen LogP contribution >= 0.6 is 0 Å². The molecule has 0 atom stereocenters. The lowest BCUT2D eigenvalue weighted by Crippen LogP contribution is -2.34. The quantitative estimate of drug-likeness (QED) is 0.388. The van der Waals surface area contributed by atoms with E-state index in [9.17, 15) is 13.2 Å². The summed E-state index contributed by atoms with van der Waals surface area (Å²) in [5.74, 6) is 11.6. The Bertz CT molecular complexity index is 818. The Morgan fingerprint density at radius 3 is 2.56 bits per heavy atom. The molecule has 1 saturated carbocycles. The van der Waals surface area contributed by atoms with Gasteiger partial charge < -0.3 is 10.7 Å². The first-order valence-electron chi connectivity index (χ1n) is 7.80. The fraction of sp³-hybridized carbons (Fsp3) is 0.278. The Morgan fingerprint density at radius 1 is 1.20 bits per heavy atom. The molecule has 0 spiro atoms. The highest BCUT2D eigenvalue weighted by Gasteiger charge is 2.37. The molecular formula is C18H17F3N4. The van der Waals surface area contributed by atoms with E-state index in [-0.39, 0.29) is 11.3 Å². The van der Waals surface area contributed by atoms with Crippen LogP contribution in [0.4, 0.5) is 24.5 Å². The maximum Gasteiger partial charge on any atom is 0.419 e. The molecule has 0 saturated heterocycles. The van der Waals surface area contributed by atoms with Gasteiger partial charge in [-0.05, 0) is 43.0 Å². The molecule has 0 radical (unpaired) electrons. The van der Waals surface area contributed by atoms with Crippen LogP contribution in [0.3, 0.4) is 0 Å². The van der Waals surface area contributed by atoms with Crippen molar-refractivity contribution in [2.45, 2.75) is 19.0 Å². The van der Waals surface area contributed by atoms with Crippen molar-refractivity contribution in [1.82, 2.24) is 4.98 Å². The number of hydrogen-bond donors (Lipinski definition) is 2. The van der Waals surface area contributed by atoms with Gasteiger partial charge in [0.1, 0.15) is 0 Å². The number of hydrazine groups is 1. The van der Waals surface area contributed by atoms with Gasteiger partial charge in [-0.2, -0.15) is 13.2 Å². The molecule has 0 aliphatic heterocycles. The van der Waals surface area contributed by atoms with E-state index in [2.05, 4.69) is 16.8 Å². The highest BCUT2D eigenvalue weighted by atomic mass is 19.4. The molecule has 1 aromatic heterocycles. The summed E-state index contributed by atoms with van der Waals surface area (Å²) in [6.07, 6.45) is 0.492. The third kappa shape index (κ3) is 4.03. The Kier molecular flexibility index (Phi) is 4.55. The monoisotopic (exact) mass is 346 g/mol. The zero-order valence-corrected chi connectivity index (χ0v) is 13.3.